The molecule has 7 nitrogen and oxygen atoms in total. The Morgan fingerprint density at radius 3 is 2.52 bits per heavy atom. The van der Waals surface area contributed by atoms with Gasteiger partial charge in [-0.15, -0.1) is 10.2 Å². The molecule has 0 bridgehead atoms. The summed E-state index contributed by atoms with van der Waals surface area (Å²) in [6.07, 6.45) is 0.384. The van der Waals surface area contributed by atoms with Crippen LogP contribution in [0.2, 0.25) is 0 Å². The van der Waals surface area contributed by atoms with Crippen LogP contribution in [0.25, 0.3) is 0 Å². The second-order valence-electron chi connectivity index (χ2n) is 6.05. The van der Waals surface area contributed by atoms with E-state index in [-0.39, 0.29) is 11.7 Å². The maximum Gasteiger partial charge on any atom is 0.329 e. The molecule has 23 heavy (non-hydrogen) atoms. The number of carbonyl (C=O) groups is 1. The van der Waals surface area contributed by atoms with Crippen molar-refractivity contribution in [3.63, 3.8) is 0 Å². The summed E-state index contributed by atoms with van der Waals surface area (Å²) in [6.45, 7) is 5.43. The van der Waals surface area contributed by atoms with Crippen molar-refractivity contribution < 1.29 is 14.6 Å². The Hall–Kier alpha value is -2.35. The van der Waals surface area contributed by atoms with Gasteiger partial charge >= 0.3 is 5.97 Å². The van der Waals surface area contributed by atoms with Crippen molar-refractivity contribution in [1.29, 1.82) is 0 Å². The van der Waals surface area contributed by atoms with Gasteiger partial charge in [-0.1, -0.05) is 23.5 Å². The van der Waals surface area contributed by atoms with E-state index in [1.165, 1.54) is 0 Å². The number of phenols is 1. The monoisotopic (exact) mass is 336 g/mol. The number of phenolic OH excluding ortho intramolecular Hbond substituents is 1. The molecule has 0 radical (unpaired) electrons. The summed E-state index contributed by atoms with van der Waals surface area (Å²) in [4.78, 5) is 12.4. The summed E-state index contributed by atoms with van der Waals surface area (Å²) in [7, 11) is 0. The van der Waals surface area contributed by atoms with E-state index < -0.39 is 11.6 Å². The Kier molecular flexibility index (Phi) is 5.05. The number of hydrogen-bond donors (Lipinski definition) is 3. The van der Waals surface area contributed by atoms with Crippen LogP contribution in [-0.2, 0) is 16.0 Å². The summed E-state index contributed by atoms with van der Waals surface area (Å²) in [5.41, 5.74) is 5.85. The lowest BCUT2D eigenvalue weighted by Gasteiger charge is -2.24. The van der Waals surface area contributed by atoms with Gasteiger partial charge in [0.1, 0.15) is 17.4 Å². The van der Waals surface area contributed by atoms with Gasteiger partial charge in [0.15, 0.2) is 0 Å². The highest BCUT2D eigenvalue weighted by atomic mass is 32.1. The van der Waals surface area contributed by atoms with Crippen LogP contribution < -0.4 is 11.1 Å². The Morgan fingerprint density at radius 1 is 1.35 bits per heavy atom. The van der Waals surface area contributed by atoms with Crippen molar-refractivity contribution in [2.45, 2.75) is 38.8 Å². The molecule has 0 aliphatic rings. The minimum absolute atomic E-state index is 0.174. The number of nitrogens with one attached hydrogen (secondary N) is 1. The summed E-state index contributed by atoms with van der Waals surface area (Å²) >= 11 is 1.16. The highest BCUT2D eigenvalue weighted by Gasteiger charge is 2.26. The van der Waals surface area contributed by atoms with Crippen molar-refractivity contribution in [3.05, 3.63) is 29.8 Å². The Labute approximate surface area is 138 Å². The van der Waals surface area contributed by atoms with E-state index in [0.717, 1.165) is 16.9 Å². The highest BCUT2D eigenvalue weighted by molar-refractivity contribution is 7.18. The first-order valence-electron chi connectivity index (χ1n) is 7.09. The van der Waals surface area contributed by atoms with Gasteiger partial charge in [-0.05, 0) is 38.5 Å². The molecule has 1 atom stereocenters. The number of rotatable bonds is 5. The number of ether oxygens (including phenoxy) is 1. The van der Waals surface area contributed by atoms with E-state index in [1.54, 1.807) is 24.3 Å². The van der Waals surface area contributed by atoms with Gasteiger partial charge in [0.05, 0.1) is 0 Å². The smallest absolute Gasteiger partial charge is 0.329 e. The van der Waals surface area contributed by atoms with Crippen molar-refractivity contribution in [3.8, 4) is 5.75 Å². The van der Waals surface area contributed by atoms with Gasteiger partial charge in [-0.2, -0.15) is 0 Å². The number of nitrogen functional groups attached to an aromatic ring is 1. The first-order chi connectivity index (χ1) is 10.7. The molecule has 0 saturated carbocycles. The second-order valence-corrected chi connectivity index (χ2v) is 7.06. The molecule has 8 heteroatoms. The van der Waals surface area contributed by atoms with Crippen LogP contribution in [-0.4, -0.2) is 32.9 Å². The first-order valence-corrected chi connectivity index (χ1v) is 7.91. The molecule has 0 aliphatic carbocycles. The minimum atomic E-state index is -0.633. The molecule has 0 saturated heterocycles. The van der Waals surface area contributed by atoms with Crippen LogP contribution in [0.5, 0.6) is 5.75 Å². The molecule has 1 aromatic carbocycles. The number of hydrogen-bond acceptors (Lipinski definition) is 8. The lowest BCUT2D eigenvalue weighted by molar-refractivity contribution is -0.155. The van der Waals surface area contributed by atoms with E-state index in [1.807, 2.05) is 20.8 Å². The normalized spacial score (nSPS) is 12.7. The van der Waals surface area contributed by atoms with Crippen molar-refractivity contribution in [2.75, 3.05) is 11.1 Å². The molecule has 0 aliphatic heterocycles. The number of carbonyl (C=O) groups excluding carboxylic acids is 1. The molecule has 0 fully saturated rings. The van der Waals surface area contributed by atoms with Crippen LogP contribution in [0.15, 0.2) is 24.3 Å². The number of esters is 1. The second kappa shape index (κ2) is 6.82. The van der Waals surface area contributed by atoms with Gasteiger partial charge < -0.3 is 20.9 Å². The number of nitrogens with two attached hydrogens (primary N) is 1. The fraction of sp³-hybridized carbons (Fsp3) is 0.400. The number of anilines is 2. The molecule has 0 amide bonds. The first kappa shape index (κ1) is 17.0. The van der Waals surface area contributed by atoms with Crippen LogP contribution >= 0.6 is 11.3 Å². The van der Waals surface area contributed by atoms with Gasteiger partial charge in [-0.25, -0.2) is 4.79 Å². The molecule has 1 heterocycles. The number of nitrogens with zero attached hydrogens (tertiary/aromatic N) is 2. The summed E-state index contributed by atoms with van der Waals surface area (Å²) in [5, 5.41) is 20.7. The molecule has 2 rings (SSSR count). The third kappa shape index (κ3) is 5.41. The lowest BCUT2D eigenvalue weighted by atomic mass is 10.1. The Bertz CT molecular complexity index is 664. The van der Waals surface area contributed by atoms with Crippen molar-refractivity contribution in [1.82, 2.24) is 10.2 Å². The van der Waals surface area contributed by atoms with Gasteiger partial charge in [0.25, 0.3) is 0 Å². The van der Waals surface area contributed by atoms with Gasteiger partial charge in [0.2, 0.25) is 10.3 Å². The van der Waals surface area contributed by atoms with Gasteiger partial charge in [0, 0.05) is 6.42 Å². The lowest BCUT2D eigenvalue weighted by Crippen LogP contribution is -2.38. The third-order valence-corrected chi connectivity index (χ3v) is 3.49. The molecular weight excluding hydrogens is 316 g/mol. The van der Waals surface area contributed by atoms with E-state index in [0.29, 0.717) is 16.7 Å². The molecule has 0 spiro atoms. The Balaban J connectivity index is 2.16. The maximum atomic E-state index is 12.4. The van der Waals surface area contributed by atoms with Crippen LogP contribution in [0, 0.1) is 0 Å². The van der Waals surface area contributed by atoms with Crippen LogP contribution in [0.3, 0.4) is 0 Å². The van der Waals surface area contributed by atoms with Crippen molar-refractivity contribution in [2.24, 2.45) is 0 Å². The zero-order valence-electron chi connectivity index (χ0n) is 13.2. The van der Waals surface area contributed by atoms with E-state index >= 15 is 0 Å². The summed E-state index contributed by atoms with van der Waals surface area (Å²) in [5.74, 6) is -0.216. The fourth-order valence-corrected chi connectivity index (χ4v) is 2.44. The quantitative estimate of drug-likeness (QED) is 0.718. The predicted octanol–water partition coefficient (Wildman–Crippen LogP) is 2.19. The third-order valence-electron chi connectivity index (χ3n) is 2.81. The summed E-state index contributed by atoms with van der Waals surface area (Å²) < 4.78 is 5.45. The van der Waals surface area contributed by atoms with Crippen LogP contribution in [0.1, 0.15) is 26.3 Å². The van der Waals surface area contributed by atoms with E-state index in [9.17, 15) is 9.90 Å². The highest BCUT2D eigenvalue weighted by Crippen LogP contribution is 2.21. The minimum Gasteiger partial charge on any atom is -0.508 e. The van der Waals surface area contributed by atoms with Gasteiger partial charge in [-0.3, -0.25) is 0 Å². The zero-order valence-corrected chi connectivity index (χ0v) is 14.1. The number of benzene rings is 1. The fourth-order valence-electron chi connectivity index (χ4n) is 1.88. The number of aromatic hydroxyl groups is 1. The topological polar surface area (TPSA) is 110 Å². The molecule has 124 valence electrons. The molecule has 2 aromatic rings. The zero-order chi connectivity index (χ0) is 17.0. The number of aromatic nitrogens is 2. The molecule has 4 N–H and O–H groups in total. The average Bonchev–Trinajstić information content (AvgIpc) is 2.84. The van der Waals surface area contributed by atoms with Crippen molar-refractivity contribution >= 4 is 27.6 Å². The molecule has 1 aromatic heterocycles. The van der Waals surface area contributed by atoms with E-state index in [2.05, 4.69) is 15.5 Å². The average molecular weight is 336 g/mol. The van der Waals surface area contributed by atoms with E-state index in [4.69, 9.17) is 10.5 Å². The SMILES string of the molecule is CC(C)(C)OC(=O)[C@H](Cc1ccc(O)cc1)Nc1nnc(N)s1. The summed E-state index contributed by atoms with van der Waals surface area (Å²) in [6, 6.07) is 6.02. The maximum absolute atomic E-state index is 12.4. The standard InChI is InChI=1S/C15H20N4O3S/c1-15(2,3)22-12(21)11(17-14-19-18-13(16)23-14)8-9-4-6-10(20)7-5-9/h4-7,11,20H,8H2,1-3H3,(H2,16,18)(H,17,19)/t11-/m0/s1. The predicted molar refractivity (Wildman–Crippen MR) is 89.4 cm³/mol. The molecule has 0 unspecified atom stereocenters. The van der Waals surface area contributed by atoms with Crippen LogP contribution in [0.4, 0.5) is 10.3 Å². The molecular formula is C15H20N4O3S. The largest absolute Gasteiger partial charge is 0.508 e. The Morgan fingerprint density at radius 2 is 2.00 bits per heavy atom.